The maximum absolute atomic E-state index is 12.4. The van der Waals surface area contributed by atoms with E-state index >= 15 is 0 Å². The number of Topliss-reactive ketones (excluding diaryl/α,β-unsaturated/α-hetero) is 1. The highest BCUT2D eigenvalue weighted by Crippen LogP contribution is 2.28. The van der Waals surface area contributed by atoms with Crippen molar-refractivity contribution in [3.05, 3.63) is 21.9 Å². The van der Waals surface area contributed by atoms with Gasteiger partial charge in [-0.05, 0) is 31.5 Å². The molecular formula is C14H15F3N2O2S. The summed E-state index contributed by atoms with van der Waals surface area (Å²) in [6.45, 7) is 3.04. The Kier molecular flexibility index (Phi) is 3.98. The van der Waals surface area contributed by atoms with Crippen molar-refractivity contribution in [3.63, 3.8) is 0 Å². The molecule has 0 bridgehead atoms. The van der Waals surface area contributed by atoms with Gasteiger partial charge in [0.25, 0.3) is 11.7 Å². The fraction of sp³-hybridized carbons (Fsp3) is 0.571. The molecule has 4 nitrogen and oxygen atoms in total. The minimum Gasteiger partial charge on any atom is -0.335 e. The maximum Gasteiger partial charge on any atom is 0.455 e. The molecule has 0 aliphatic carbocycles. The molecule has 2 aliphatic rings. The van der Waals surface area contributed by atoms with Crippen molar-refractivity contribution < 1.29 is 22.8 Å². The van der Waals surface area contributed by atoms with Gasteiger partial charge < -0.3 is 4.90 Å². The summed E-state index contributed by atoms with van der Waals surface area (Å²) in [4.78, 5) is 27.4. The summed E-state index contributed by atoms with van der Waals surface area (Å²) < 4.78 is 37.2. The highest BCUT2D eigenvalue weighted by molar-refractivity contribution is 7.16. The third kappa shape index (κ3) is 2.89. The second-order valence-electron chi connectivity index (χ2n) is 5.57. The molecule has 1 amide bonds. The van der Waals surface area contributed by atoms with Gasteiger partial charge in [0.05, 0.1) is 9.75 Å². The number of carbonyl (C=O) groups is 2. The van der Waals surface area contributed by atoms with E-state index in [4.69, 9.17) is 0 Å². The van der Waals surface area contributed by atoms with Crippen molar-refractivity contribution in [2.45, 2.75) is 25.1 Å². The lowest BCUT2D eigenvalue weighted by Crippen LogP contribution is -2.51. The van der Waals surface area contributed by atoms with Crippen LogP contribution in [0.25, 0.3) is 0 Å². The van der Waals surface area contributed by atoms with Crippen LogP contribution in [0.1, 0.15) is 32.2 Å². The molecule has 2 aliphatic heterocycles. The van der Waals surface area contributed by atoms with Crippen molar-refractivity contribution in [2.24, 2.45) is 0 Å². The van der Waals surface area contributed by atoms with Crippen LogP contribution < -0.4 is 0 Å². The number of piperazine rings is 1. The molecule has 3 rings (SSSR count). The molecular weight excluding hydrogens is 317 g/mol. The summed E-state index contributed by atoms with van der Waals surface area (Å²) >= 11 is 0.621. The standard InChI is InChI=1S/C14H15F3N2O2S/c15-14(16,17)12(20)10-3-4-11(22-10)13(21)19-7-6-18-5-1-2-9(18)8-19/h3-4,9H,1-2,5-8H2. The lowest BCUT2D eigenvalue weighted by Gasteiger charge is -2.37. The highest BCUT2D eigenvalue weighted by Gasteiger charge is 2.40. The molecule has 2 saturated heterocycles. The topological polar surface area (TPSA) is 40.6 Å². The quantitative estimate of drug-likeness (QED) is 0.781. The molecule has 0 radical (unpaired) electrons. The van der Waals surface area contributed by atoms with Crippen molar-refractivity contribution >= 4 is 23.0 Å². The number of alkyl halides is 3. The van der Waals surface area contributed by atoms with Crippen LogP contribution in [0.5, 0.6) is 0 Å². The SMILES string of the molecule is O=C(c1ccc(C(=O)C(F)(F)F)s1)N1CCN2CCCC2C1. The Morgan fingerprint density at radius 3 is 2.59 bits per heavy atom. The molecule has 120 valence electrons. The third-order valence-corrected chi connectivity index (χ3v) is 5.24. The van der Waals surface area contributed by atoms with Crippen LogP contribution in [0.15, 0.2) is 12.1 Å². The molecule has 0 aromatic carbocycles. The monoisotopic (exact) mass is 332 g/mol. The Morgan fingerprint density at radius 2 is 1.86 bits per heavy atom. The summed E-state index contributed by atoms with van der Waals surface area (Å²) in [6.07, 6.45) is -2.73. The first kappa shape index (κ1) is 15.5. The predicted octanol–water partition coefficient (Wildman–Crippen LogP) is 2.41. The van der Waals surface area contributed by atoms with Crippen LogP contribution in [0.4, 0.5) is 13.2 Å². The highest BCUT2D eigenvalue weighted by atomic mass is 32.1. The molecule has 8 heteroatoms. The maximum atomic E-state index is 12.4. The number of nitrogens with zero attached hydrogens (tertiary/aromatic N) is 2. The molecule has 22 heavy (non-hydrogen) atoms. The lowest BCUT2D eigenvalue weighted by atomic mass is 10.1. The average molecular weight is 332 g/mol. The minimum absolute atomic E-state index is 0.194. The van der Waals surface area contributed by atoms with Gasteiger partial charge in [-0.25, -0.2) is 0 Å². The smallest absolute Gasteiger partial charge is 0.335 e. The molecule has 0 spiro atoms. The zero-order chi connectivity index (χ0) is 15.9. The van der Waals surface area contributed by atoms with Crippen LogP contribution in [0, 0.1) is 0 Å². The van der Waals surface area contributed by atoms with E-state index in [1.165, 1.54) is 6.07 Å². The number of hydrogen-bond donors (Lipinski definition) is 0. The number of rotatable bonds is 2. The number of amides is 1. The summed E-state index contributed by atoms with van der Waals surface area (Å²) in [7, 11) is 0. The molecule has 0 N–H and O–H groups in total. The van der Waals surface area contributed by atoms with E-state index < -0.39 is 16.8 Å². The number of ketones is 1. The number of carbonyl (C=O) groups excluding carboxylic acids is 2. The Balaban J connectivity index is 1.71. The summed E-state index contributed by atoms with van der Waals surface area (Å²) in [6, 6.07) is 2.75. The van der Waals surface area contributed by atoms with E-state index in [-0.39, 0.29) is 10.8 Å². The second-order valence-corrected chi connectivity index (χ2v) is 6.66. The van der Waals surface area contributed by atoms with E-state index in [0.717, 1.165) is 32.0 Å². The number of thiophene rings is 1. The van der Waals surface area contributed by atoms with Crippen molar-refractivity contribution in [2.75, 3.05) is 26.2 Å². The van der Waals surface area contributed by atoms with Gasteiger partial charge in [-0.3, -0.25) is 14.5 Å². The zero-order valence-corrected chi connectivity index (χ0v) is 12.5. The fourth-order valence-electron chi connectivity index (χ4n) is 3.05. The van der Waals surface area contributed by atoms with E-state index in [2.05, 4.69) is 4.90 Å². The Bertz CT molecular complexity index is 599. The summed E-state index contributed by atoms with van der Waals surface area (Å²) in [5, 5.41) is 0. The van der Waals surface area contributed by atoms with Gasteiger partial charge in [-0.15, -0.1) is 11.3 Å². The molecule has 1 aromatic rings. The second kappa shape index (κ2) is 5.66. The first-order valence-corrected chi connectivity index (χ1v) is 7.92. The minimum atomic E-state index is -4.90. The van der Waals surface area contributed by atoms with Crippen molar-refractivity contribution in [3.8, 4) is 0 Å². The molecule has 0 saturated carbocycles. The van der Waals surface area contributed by atoms with E-state index in [1.807, 2.05) is 0 Å². The third-order valence-electron chi connectivity index (χ3n) is 4.17. The predicted molar refractivity (Wildman–Crippen MR) is 75.2 cm³/mol. The van der Waals surface area contributed by atoms with E-state index in [1.54, 1.807) is 4.90 Å². The van der Waals surface area contributed by atoms with Crippen LogP contribution in [-0.2, 0) is 0 Å². The first-order valence-electron chi connectivity index (χ1n) is 7.11. The number of fused-ring (bicyclic) bond motifs is 1. The van der Waals surface area contributed by atoms with Crippen LogP contribution in [0.3, 0.4) is 0 Å². The van der Waals surface area contributed by atoms with Gasteiger partial charge in [0.15, 0.2) is 0 Å². The molecule has 3 heterocycles. The van der Waals surface area contributed by atoms with Crippen LogP contribution in [0.2, 0.25) is 0 Å². The van der Waals surface area contributed by atoms with Gasteiger partial charge in [0.1, 0.15) is 0 Å². The summed E-state index contributed by atoms with van der Waals surface area (Å²) in [5.74, 6) is -2.17. The molecule has 1 atom stereocenters. The van der Waals surface area contributed by atoms with Crippen LogP contribution >= 0.6 is 11.3 Å². The largest absolute Gasteiger partial charge is 0.455 e. The molecule has 2 fully saturated rings. The first-order chi connectivity index (χ1) is 10.4. The van der Waals surface area contributed by atoms with Gasteiger partial charge in [-0.2, -0.15) is 13.2 Å². The van der Waals surface area contributed by atoms with Gasteiger partial charge in [0, 0.05) is 25.7 Å². The van der Waals surface area contributed by atoms with Crippen LogP contribution in [-0.4, -0.2) is 59.9 Å². The van der Waals surface area contributed by atoms with E-state index in [0.29, 0.717) is 30.5 Å². The Labute approximate surface area is 129 Å². The normalized spacial score (nSPS) is 22.7. The fourth-order valence-corrected chi connectivity index (χ4v) is 3.98. The Morgan fingerprint density at radius 1 is 1.14 bits per heavy atom. The number of hydrogen-bond acceptors (Lipinski definition) is 4. The average Bonchev–Trinajstić information content (AvgIpc) is 3.12. The van der Waals surface area contributed by atoms with Gasteiger partial charge in [0.2, 0.25) is 0 Å². The lowest BCUT2D eigenvalue weighted by molar-refractivity contribution is -0.0882. The number of halogens is 3. The molecule has 1 unspecified atom stereocenters. The zero-order valence-electron chi connectivity index (χ0n) is 11.7. The van der Waals surface area contributed by atoms with Crippen molar-refractivity contribution in [1.29, 1.82) is 0 Å². The van der Waals surface area contributed by atoms with Gasteiger partial charge >= 0.3 is 6.18 Å². The van der Waals surface area contributed by atoms with Gasteiger partial charge in [-0.1, -0.05) is 0 Å². The van der Waals surface area contributed by atoms with E-state index in [9.17, 15) is 22.8 Å². The molecule has 1 aromatic heterocycles. The Hall–Kier alpha value is -1.41. The summed E-state index contributed by atoms with van der Waals surface area (Å²) in [5.41, 5.74) is 0. The van der Waals surface area contributed by atoms with Crippen molar-refractivity contribution in [1.82, 2.24) is 9.80 Å².